The molecule has 1 amide bonds. The number of hydrogen-bond acceptors (Lipinski definition) is 3. The number of aliphatic hydroxyl groups excluding tert-OH is 1. The van der Waals surface area contributed by atoms with E-state index in [0.29, 0.717) is 12.5 Å². The van der Waals surface area contributed by atoms with Crippen LogP contribution in [0.4, 0.5) is 4.79 Å². The highest BCUT2D eigenvalue weighted by Gasteiger charge is 2.37. The van der Waals surface area contributed by atoms with E-state index in [1.54, 1.807) is 0 Å². The number of rotatable bonds is 8. The van der Waals surface area contributed by atoms with Crippen molar-refractivity contribution in [2.24, 2.45) is 17.3 Å². The van der Waals surface area contributed by atoms with Gasteiger partial charge in [0.1, 0.15) is 5.60 Å². The van der Waals surface area contributed by atoms with Crippen LogP contribution >= 0.6 is 0 Å². The molecule has 0 aromatic carbocycles. The molecule has 21 heavy (non-hydrogen) atoms. The quantitative estimate of drug-likeness (QED) is 0.718. The summed E-state index contributed by atoms with van der Waals surface area (Å²) in [6.07, 6.45) is 5.16. The number of aliphatic hydroxyl groups is 1. The summed E-state index contributed by atoms with van der Waals surface area (Å²) in [5, 5.41) is 12.8. The summed E-state index contributed by atoms with van der Waals surface area (Å²) in [4.78, 5) is 11.8. The minimum atomic E-state index is -0.486. The SMILES string of the molecule is CC(C)CCC(CO)(CNC(=O)OC(C)(C)C)CC1CC1. The molecule has 1 aliphatic rings. The number of hydrogen-bond donors (Lipinski definition) is 2. The number of amides is 1. The Kier molecular flexibility index (Phi) is 6.51. The first-order valence-corrected chi connectivity index (χ1v) is 8.23. The number of carbonyl (C=O) groups excluding carboxylic acids is 1. The summed E-state index contributed by atoms with van der Waals surface area (Å²) < 4.78 is 5.29. The molecule has 4 nitrogen and oxygen atoms in total. The van der Waals surface area contributed by atoms with E-state index in [0.717, 1.165) is 25.2 Å². The van der Waals surface area contributed by atoms with E-state index in [1.165, 1.54) is 12.8 Å². The van der Waals surface area contributed by atoms with Crippen LogP contribution in [-0.2, 0) is 4.74 Å². The maximum absolute atomic E-state index is 11.8. The second-order valence-corrected chi connectivity index (χ2v) is 8.09. The first-order valence-electron chi connectivity index (χ1n) is 8.23. The minimum absolute atomic E-state index is 0.131. The summed E-state index contributed by atoms with van der Waals surface area (Å²) in [6, 6.07) is 0. The number of alkyl carbamates (subject to hydrolysis) is 1. The summed E-state index contributed by atoms with van der Waals surface area (Å²) in [5.41, 5.74) is -0.678. The van der Waals surface area contributed by atoms with Crippen molar-refractivity contribution in [1.82, 2.24) is 5.32 Å². The van der Waals surface area contributed by atoms with Crippen LogP contribution in [0.3, 0.4) is 0 Å². The topological polar surface area (TPSA) is 58.6 Å². The molecule has 0 heterocycles. The zero-order chi connectivity index (χ0) is 16.1. The van der Waals surface area contributed by atoms with Gasteiger partial charge >= 0.3 is 6.09 Å². The molecule has 0 aliphatic heterocycles. The third kappa shape index (κ3) is 7.70. The molecule has 0 bridgehead atoms. The third-order valence-electron chi connectivity index (χ3n) is 4.01. The van der Waals surface area contributed by atoms with Gasteiger partial charge in [-0.3, -0.25) is 0 Å². The lowest BCUT2D eigenvalue weighted by atomic mass is 9.77. The average molecular weight is 299 g/mol. The number of nitrogens with one attached hydrogen (secondary N) is 1. The highest BCUT2D eigenvalue weighted by Crippen LogP contribution is 2.42. The maximum atomic E-state index is 11.8. The molecule has 124 valence electrons. The normalized spacial score (nSPS) is 18.4. The zero-order valence-corrected chi connectivity index (χ0v) is 14.4. The van der Waals surface area contributed by atoms with Gasteiger partial charge < -0.3 is 15.2 Å². The highest BCUT2D eigenvalue weighted by molar-refractivity contribution is 5.67. The molecule has 1 fully saturated rings. The van der Waals surface area contributed by atoms with E-state index in [-0.39, 0.29) is 18.1 Å². The maximum Gasteiger partial charge on any atom is 0.407 e. The van der Waals surface area contributed by atoms with Gasteiger partial charge in [0, 0.05) is 12.0 Å². The Morgan fingerprint density at radius 3 is 2.38 bits per heavy atom. The van der Waals surface area contributed by atoms with Crippen molar-refractivity contribution in [3.05, 3.63) is 0 Å². The molecule has 0 aromatic heterocycles. The van der Waals surface area contributed by atoms with Crippen molar-refractivity contribution >= 4 is 6.09 Å². The molecule has 2 N–H and O–H groups in total. The zero-order valence-electron chi connectivity index (χ0n) is 14.4. The standard InChI is InChI=1S/C17H33NO3/c1-13(2)8-9-17(12-19,10-14-6-7-14)11-18-15(20)21-16(3,4)5/h13-14,19H,6-12H2,1-5H3,(H,18,20). The molecule has 0 radical (unpaired) electrons. The fourth-order valence-corrected chi connectivity index (χ4v) is 2.57. The average Bonchev–Trinajstić information content (AvgIpc) is 3.14. The molecule has 1 unspecified atom stereocenters. The third-order valence-corrected chi connectivity index (χ3v) is 4.01. The highest BCUT2D eigenvalue weighted by atomic mass is 16.6. The molecular weight excluding hydrogens is 266 g/mol. The van der Waals surface area contributed by atoms with Gasteiger partial charge in [-0.05, 0) is 45.4 Å². The van der Waals surface area contributed by atoms with Gasteiger partial charge in [-0.15, -0.1) is 0 Å². The van der Waals surface area contributed by atoms with E-state index < -0.39 is 5.60 Å². The number of carbonyl (C=O) groups is 1. The van der Waals surface area contributed by atoms with Crippen molar-refractivity contribution in [2.75, 3.05) is 13.2 Å². The molecule has 4 heteroatoms. The summed E-state index contributed by atoms with van der Waals surface area (Å²) in [6.45, 7) is 10.6. The van der Waals surface area contributed by atoms with Crippen molar-refractivity contribution in [1.29, 1.82) is 0 Å². The van der Waals surface area contributed by atoms with Crippen molar-refractivity contribution in [3.63, 3.8) is 0 Å². The Balaban J connectivity index is 2.56. The molecule has 1 atom stereocenters. The van der Waals surface area contributed by atoms with Crippen LogP contribution in [0.15, 0.2) is 0 Å². The van der Waals surface area contributed by atoms with Gasteiger partial charge in [0.25, 0.3) is 0 Å². The summed E-state index contributed by atoms with van der Waals surface area (Å²) in [7, 11) is 0. The lowest BCUT2D eigenvalue weighted by Gasteiger charge is -2.33. The fraction of sp³-hybridized carbons (Fsp3) is 0.941. The summed E-state index contributed by atoms with van der Waals surface area (Å²) >= 11 is 0. The Labute approximate surface area is 129 Å². The van der Waals surface area contributed by atoms with Gasteiger partial charge in [-0.25, -0.2) is 4.79 Å². The first-order chi connectivity index (χ1) is 9.66. The van der Waals surface area contributed by atoms with Gasteiger partial charge in [-0.2, -0.15) is 0 Å². The van der Waals surface area contributed by atoms with Gasteiger partial charge in [0.2, 0.25) is 0 Å². The smallest absolute Gasteiger partial charge is 0.407 e. The first kappa shape index (κ1) is 18.3. The number of ether oxygens (including phenoxy) is 1. The lowest BCUT2D eigenvalue weighted by molar-refractivity contribution is 0.0429. The van der Waals surface area contributed by atoms with Crippen LogP contribution in [0, 0.1) is 17.3 Å². The van der Waals surface area contributed by atoms with E-state index in [4.69, 9.17) is 4.74 Å². The Morgan fingerprint density at radius 1 is 1.33 bits per heavy atom. The molecule has 1 saturated carbocycles. The van der Waals surface area contributed by atoms with Crippen LogP contribution in [0.5, 0.6) is 0 Å². The van der Waals surface area contributed by atoms with E-state index in [2.05, 4.69) is 19.2 Å². The predicted octanol–water partition coefficient (Wildman–Crippen LogP) is 3.73. The lowest BCUT2D eigenvalue weighted by Crippen LogP contribution is -2.42. The van der Waals surface area contributed by atoms with Crippen LogP contribution in [0.2, 0.25) is 0 Å². The molecule has 0 spiro atoms. The second-order valence-electron chi connectivity index (χ2n) is 8.09. The minimum Gasteiger partial charge on any atom is -0.444 e. The van der Waals surface area contributed by atoms with Crippen molar-refractivity contribution in [2.45, 2.75) is 72.3 Å². The van der Waals surface area contributed by atoms with Crippen LogP contribution in [0.1, 0.15) is 66.7 Å². The van der Waals surface area contributed by atoms with Crippen LogP contribution < -0.4 is 5.32 Å². The van der Waals surface area contributed by atoms with E-state index in [1.807, 2.05) is 20.8 Å². The van der Waals surface area contributed by atoms with E-state index in [9.17, 15) is 9.90 Å². The molecular formula is C17H33NO3. The Morgan fingerprint density at radius 2 is 1.95 bits per heavy atom. The molecule has 1 aliphatic carbocycles. The van der Waals surface area contributed by atoms with Gasteiger partial charge in [0.05, 0.1) is 6.61 Å². The Hall–Kier alpha value is -0.770. The summed E-state index contributed by atoms with van der Waals surface area (Å²) in [5.74, 6) is 1.33. The monoisotopic (exact) mass is 299 g/mol. The molecule has 1 rings (SSSR count). The largest absolute Gasteiger partial charge is 0.444 e. The van der Waals surface area contributed by atoms with Crippen molar-refractivity contribution in [3.8, 4) is 0 Å². The predicted molar refractivity (Wildman–Crippen MR) is 85.2 cm³/mol. The van der Waals surface area contributed by atoms with Crippen LogP contribution in [-0.4, -0.2) is 30.0 Å². The van der Waals surface area contributed by atoms with Crippen LogP contribution in [0.25, 0.3) is 0 Å². The van der Waals surface area contributed by atoms with Crippen molar-refractivity contribution < 1.29 is 14.6 Å². The van der Waals surface area contributed by atoms with Gasteiger partial charge in [0.15, 0.2) is 0 Å². The fourth-order valence-electron chi connectivity index (χ4n) is 2.57. The molecule has 0 aromatic rings. The Bertz CT molecular complexity index is 331. The van der Waals surface area contributed by atoms with Gasteiger partial charge in [-0.1, -0.05) is 33.1 Å². The van der Waals surface area contributed by atoms with E-state index >= 15 is 0 Å². The second kappa shape index (κ2) is 7.48. The molecule has 0 saturated heterocycles.